The Morgan fingerprint density at radius 3 is 2.34 bits per heavy atom. The van der Waals surface area contributed by atoms with E-state index in [0.717, 1.165) is 28.8 Å². The lowest BCUT2D eigenvalue weighted by atomic mass is 10.0. The molecule has 0 spiro atoms. The topological polar surface area (TPSA) is 62.5 Å². The van der Waals surface area contributed by atoms with E-state index >= 15 is 0 Å². The fourth-order valence-electron chi connectivity index (χ4n) is 3.19. The van der Waals surface area contributed by atoms with E-state index in [-0.39, 0.29) is 5.91 Å². The Balaban J connectivity index is 1.83. The predicted molar refractivity (Wildman–Crippen MR) is 119 cm³/mol. The van der Waals surface area contributed by atoms with Gasteiger partial charge in [-0.1, -0.05) is 42.5 Å². The zero-order valence-electron chi connectivity index (χ0n) is 17.1. The summed E-state index contributed by atoms with van der Waals surface area (Å²) >= 11 is 0. The molecule has 0 bridgehead atoms. The fourth-order valence-corrected chi connectivity index (χ4v) is 3.19. The van der Waals surface area contributed by atoms with Crippen molar-refractivity contribution in [1.29, 1.82) is 0 Å². The summed E-state index contributed by atoms with van der Waals surface area (Å²) in [5.74, 6) is -0.0263. The summed E-state index contributed by atoms with van der Waals surface area (Å²) in [6.45, 7) is 1.72. The molecule has 5 heteroatoms. The van der Waals surface area contributed by atoms with Crippen molar-refractivity contribution >= 4 is 11.6 Å². The van der Waals surface area contributed by atoms with Gasteiger partial charge < -0.3 is 15.5 Å². The Hall–Kier alpha value is -3.18. The molecule has 1 heterocycles. The van der Waals surface area contributed by atoms with Crippen LogP contribution in [-0.4, -0.2) is 43.0 Å². The smallest absolute Gasteiger partial charge is 0.255 e. The van der Waals surface area contributed by atoms with Crippen LogP contribution in [0.5, 0.6) is 0 Å². The van der Waals surface area contributed by atoms with Gasteiger partial charge in [0.25, 0.3) is 5.91 Å². The van der Waals surface area contributed by atoms with Gasteiger partial charge in [0.1, 0.15) is 0 Å². The van der Waals surface area contributed by atoms with Crippen molar-refractivity contribution in [1.82, 2.24) is 9.88 Å². The molecule has 0 radical (unpaired) electrons. The van der Waals surface area contributed by atoms with Gasteiger partial charge in [0, 0.05) is 50.8 Å². The van der Waals surface area contributed by atoms with Crippen molar-refractivity contribution in [2.45, 2.75) is 13.0 Å². The largest absolute Gasteiger partial charge is 0.378 e. The van der Waals surface area contributed by atoms with E-state index < -0.39 is 0 Å². The lowest BCUT2D eigenvalue weighted by Crippen LogP contribution is -2.32. The molecular weight excluding hydrogens is 360 g/mol. The Kier molecular flexibility index (Phi) is 6.98. The number of hydrogen-bond acceptors (Lipinski definition) is 4. The van der Waals surface area contributed by atoms with Gasteiger partial charge >= 0.3 is 0 Å². The van der Waals surface area contributed by atoms with Gasteiger partial charge in [-0.05, 0) is 42.3 Å². The minimum atomic E-state index is -0.0263. The van der Waals surface area contributed by atoms with E-state index in [4.69, 9.17) is 5.73 Å². The van der Waals surface area contributed by atoms with E-state index in [1.54, 1.807) is 12.4 Å². The lowest BCUT2D eigenvalue weighted by molar-refractivity contribution is 0.0742. The van der Waals surface area contributed by atoms with Gasteiger partial charge in [0.2, 0.25) is 0 Å². The lowest BCUT2D eigenvalue weighted by Gasteiger charge is -2.23. The van der Waals surface area contributed by atoms with Crippen LogP contribution in [0.1, 0.15) is 22.3 Å². The average Bonchev–Trinajstić information content (AvgIpc) is 2.77. The van der Waals surface area contributed by atoms with Crippen LogP contribution in [0, 0.1) is 0 Å². The first kappa shape index (κ1) is 20.6. The number of nitrogens with zero attached hydrogens (tertiary/aromatic N) is 3. The van der Waals surface area contributed by atoms with Crippen LogP contribution >= 0.6 is 0 Å². The van der Waals surface area contributed by atoms with Crippen molar-refractivity contribution in [3.8, 4) is 11.1 Å². The number of carbonyl (C=O) groups excluding carboxylic acids is 1. The van der Waals surface area contributed by atoms with E-state index in [0.29, 0.717) is 25.2 Å². The average molecular weight is 389 g/mol. The molecule has 1 aromatic heterocycles. The Bertz CT molecular complexity index is 923. The third kappa shape index (κ3) is 5.42. The number of carbonyl (C=O) groups is 1. The Morgan fingerprint density at radius 1 is 0.966 bits per heavy atom. The second kappa shape index (κ2) is 9.85. The molecule has 29 heavy (non-hydrogen) atoms. The minimum Gasteiger partial charge on any atom is -0.378 e. The number of aromatic nitrogens is 1. The highest BCUT2D eigenvalue weighted by molar-refractivity contribution is 5.95. The maximum Gasteiger partial charge on any atom is 0.255 e. The molecule has 150 valence electrons. The summed E-state index contributed by atoms with van der Waals surface area (Å²) in [6.07, 6.45) is 4.20. The molecule has 3 rings (SSSR count). The van der Waals surface area contributed by atoms with Crippen LogP contribution in [0.15, 0.2) is 73.1 Å². The predicted octanol–water partition coefficient (Wildman–Crippen LogP) is 3.81. The van der Waals surface area contributed by atoms with Gasteiger partial charge in [-0.25, -0.2) is 0 Å². The van der Waals surface area contributed by atoms with Gasteiger partial charge in [-0.2, -0.15) is 0 Å². The third-order valence-corrected chi connectivity index (χ3v) is 4.84. The summed E-state index contributed by atoms with van der Waals surface area (Å²) in [5.41, 5.74) is 10.5. The van der Waals surface area contributed by atoms with E-state index in [9.17, 15) is 4.79 Å². The minimum absolute atomic E-state index is 0.0263. The highest BCUT2D eigenvalue weighted by Gasteiger charge is 2.17. The number of anilines is 1. The highest BCUT2D eigenvalue weighted by atomic mass is 16.2. The van der Waals surface area contributed by atoms with Crippen LogP contribution in [0.3, 0.4) is 0 Å². The summed E-state index contributed by atoms with van der Waals surface area (Å²) in [7, 11) is 4.02. The molecule has 0 aliphatic carbocycles. The summed E-state index contributed by atoms with van der Waals surface area (Å²) in [4.78, 5) is 21.4. The monoisotopic (exact) mass is 388 g/mol. The quantitative estimate of drug-likeness (QED) is 0.637. The van der Waals surface area contributed by atoms with Crippen molar-refractivity contribution in [2.75, 3.05) is 32.1 Å². The van der Waals surface area contributed by atoms with Gasteiger partial charge in [0.15, 0.2) is 0 Å². The molecule has 2 N–H and O–H groups in total. The standard InChI is InChI=1S/C24H28N4O/c1-27(2)23-11-9-20(10-12-23)21-15-22(17-26-16-21)24(29)28(14-6-13-25)18-19-7-4-3-5-8-19/h3-5,7-12,15-17H,6,13-14,18,25H2,1-2H3. The molecule has 0 saturated heterocycles. The molecule has 0 atom stereocenters. The first-order valence-corrected chi connectivity index (χ1v) is 9.84. The molecule has 1 amide bonds. The van der Waals surface area contributed by atoms with Gasteiger partial charge in [0.05, 0.1) is 5.56 Å². The number of benzene rings is 2. The van der Waals surface area contributed by atoms with E-state index in [1.165, 1.54) is 0 Å². The molecule has 0 unspecified atom stereocenters. The van der Waals surface area contributed by atoms with Crippen LogP contribution in [-0.2, 0) is 6.54 Å². The number of pyridine rings is 1. The second-order valence-electron chi connectivity index (χ2n) is 7.26. The Morgan fingerprint density at radius 2 is 1.69 bits per heavy atom. The first-order chi connectivity index (χ1) is 14.1. The molecule has 0 aliphatic rings. The fraction of sp³-hybridized carbons (Fsp3) is 0.250. The number of rotatable bonds is 8. The van der Waals surface area contributed by atoms with E-state index in [2.05, 4.69) is 34.1 Å². The zero-order valence-corrected chi connectivity index (χ0v) is 17.1. The van der Waals surface area contributed by atoms with E-state index in [1.807, 2.05) is 55.4 Å². The summed E-state index contributed by atoms with van der Waals surface area (Å²) < 4.78 is 0. The van der Waals surface area contributed by atoms with Crippen molar-refractivity contribution < 1.29 is 4.79 Å². The zero-order chi connectivity index (χ0) is 20.6. The van der Waals surface area contributed by atoms with Crippen LogP contribution < -0.4 is 10.6 Å². The highest BCUT2D eigenvalue weighted by Crippen LogP contribution is 2.23. The Labute approximate surface area is 172 Å². The number of hydrogen-bond donors (Lipinski definition) is 1. The van der Waals surface area contributed by atoms with Crippen molar-refractivity contribution in [2.24, 2.45) is 5.73 Å². The molecule has 5 nitrogen and oxygen atoms in total. The molecular formula is C24H28N4O. The van der Waals surface area contributed by atoms with Gasteiger partial charge in [-0.3, -0.25) is 9.78 Å². The summed E-state index contributed by atoms with van der Waals surface area (Å²) in [5, 5.41) is 0. The molecule has 0 aliphatic heterocycles. The second-order valence-corrected chi connectivity index (χ2v) is 7.26. The summed E-state index contributed by atoms with van der Waals surface area (Å²) in [6, 6.07) is 20.2. The maximum absolute atomic E-state index is 13.2. The maximum atomic E-state index is 13.2. The normalized spacial score (nSPS) is 10.6. The van der Waals surface area contributed by atoms with Crippen LogP contribution in [0.2, 0.25) is 0 Å². The SMILES string of the molecule is CN(C)c1ccc(-c2cncc(C(=O)N(CCCN)Cc3ccccc3)c2)cc1. The van der Waals surface area contributed by atoms with Gasteiger partial charge in [-0.15, -0.1) is 0 Å². The van der Waals surface area contributed by atoms with Crippen LogP contribution in [0.4, 0.5) is 5.69 Å². The van der Waals surface area contributed by atoms with Crippen molar-refractivity contribution in [3.05, 3.63) is 84.2 Å². The molecule has 0 fully saturated rings. The number of nitrogens with two attached hydrogens (primary N) is 1. The molecule has 3 aromatic rings. The molecule has 2 aromatic carbocycles. The third-order valence-electron chi connectivity index (χ3n) is 4.84. The number of amides is 1. The first-order valence-electron chi connectivity index (χ1n) is 9.84. The van der Waals surface area contributed by atoms with Crippen molar-refractivity contribution in [3.63, 3.8) is 0 Å². The van der Waals surface area contributed by atoms with Crippen LogP contribution in [0.25, 0.3) is 11.1 Å². The molecule has 0 saturated carbocycles.